The zero-order valence-corrected chi connectivity index (χ0v) is 8.67. The van der Waals surface area contributed by atoms with Gasteiger partial charge >= 0.3 is 11.8 Å². The summed E-state index contributed by atoms with van der Waals surface area (Å²) in [6, 6.07) is 4.81. The molecule has 2 heterocycles. The van der Waals surface area contributed by atoms with Crippen molar-refractivity contribution >= 4 is 17.6 Å². The van der Waals surface area contributed by atoms with Crippen LogP contribution >= 0.6 is 0 Å². The first-order valence-electron chi connectivity index (χ1n) is 4.77. The van der Waals surface area contributed by atoms with Crippen molar-refractivity contribution < 1.29 is 18.5 Å². The number of nitrogens with one attached hydrogen (secondary N) is 2. The van der Waals surface area contributed by atoms with E-state index in [4.69, 9.17) is 4.42 Å². The second-order valence-electron chi connectivity index (χ2n) is 3.10. The Morgan fingerprint density at radius 1 is 1.24 bits per heavy atom. The summed E-state index contributed by atoms with van der Waals surface area (Å²) in [6.45, 7) is 0.151. The molecule has 2 amide bonds. The van der Waals surface area contributed by atoms with Gasteiger partial charge in [0.15, 0.2) is 5.82 Å². The third-order valence-corrected chi connectivity index (χ3v) is 1.89. The minimum atomic E-state index is -0.814. The van der Waals surface area contributed by atoms with Gasteiger partial charge in [0, 0.05) is 6.07 Å². The maximum absolute atomic E-state index is 11.3. The molecule has 2 aromatic heterocycles. The molecule has 0 saturated carbocycles. The lowest BCUT2D eigenvalue weighted by atomic mass is 10.4. The molecular weight excluding hydrogens is 226 g/mol. The van der Waals surface area contributed by atoms with Gasteiger partial charge in [0.05, 0.1) is 12.8 Å². The lowest BCUT2D eigenvalue weighted by Crippen LogP contribution is -2.34. The van der Waals surface area contributed by atoms with Crippen LogP contribution in [0.4, 0.5) is 5.82 Å². The first-order chi connectivity index (χ1) is 8.25. The van der Waals surface area contributed by atoms with Gasteiger partial charge < -0.3 is 14.3 Å². The molecule has 0 saturated heterocycles. The fraction of sp³-hybridized carbons (Fsp3) is 0.100. The van der Waals surface area contributed by atoms with E-state index in [1.54, 1.807) is 12.1 Å². The van der Waals surface area contributed by atoms with E-state index in [2.05, 4.69) is 20.3 Å². The van der Waals surface area contributed by atoms with Gasteiger partial charge in [-0.15, -0.1) is 0 Å². The van der Waals surface area contributed by atoms with Crippen molar-refractivity contribution in [1.82, 2.24) is 10.5 Å². The fourth-order valence-corrected chi connectivity index (χ4v) is 1.11. The predicted molar refractivity (Wildman–Crippen MR) is 55.7 cm³/mol. The number of carbonyl (C=O) groups is 2. The van der Waals surface area contributed by atoms with Gasteiger partial charge in [0.2, 0.25) is 0 Å². The number of hydrogen-bond donors (Lipinski definition) is 2. The average molecular weight is 235 g/mol. The normalized spacial score (nSPS) is 9.88. The van der Waals surface area contributed by atoms with Crippen molar-refractivity contribution in [1.29, 1.82) is 0 Å². The molecule has 0 aliphatic heterocycles. The van der Waals surface area contributed by atoms with Crippen LogP contribution in [0.3, 0.4) is 0 Å². The van der Waals surface area contributed by atoms with Crippen LogP contribution in [0.1, 0.15) is 5.76 Å². The number of carbonyl (C=O) groups excluding carboxylic acids is 2. The Hall–Kier alpha value is -2.57. The van der Waals surface area contributed by atoms with E-state index >= 15 is 0 Å². The fourth-order valence-electron chi connectivity index (χ4n) is 1.11. The summed E-state index contributed by atoms with van der Waals surface area (Å²) in [4.78, 5) is 22.7. The average Bonchev–Trinajstić information content (AvgIpc) is 2.98. The molecular formula is C10H9N3O4. The smallest absolute Gasteiger partial charge is 0.314 e. The molecule has 2 rings (SSSR count). The molecule has 7 nitrogen and oxygen atoms in total. The lowest BCUT2D eigenvalue weighted by Gasteiger charge is -2.02. The molecule has 0 radical (unpaired) electrons. The highest BCUT2D eigenvalue weighted by atomic mass is 16.5. The Morgan fingerprint density at radius 3 is 2.76 bits per heavy atom. The Balaban J connectivity index is 1.81. The van der Waals surface area contributed by atoms with E-state index in [-0.39, 0.29) is 12.4 Å². The van der Waals surface area contributed by atoms with Crippen LogP contribution in [0.2, 0.25) is 0 Å². The third kappa shape index (κ3) is 2.94. The summed E-state index contributed by atoms with van der Waals surface area (Å²) in [7, 11) is 0. The van der Waals surface area contributed by atoms with E-state index in [0.717, 1.165) is 0 Å². The van der Waals surface area contributed by atoms with Gasteiger partial charge in [-0.05, 0) is 12.1 Å². The van der Waals surface area contributed by atoms with Crippen molar-refractivity contribution in [3.63, 3.8) is 0 Å². The van der Waals surface area contributed by atoms with Crippen LogP contribution in [0, 0.1) is 0 Å². The summed E-state index contributed by atoms with van der Waals surface area (Å²) in [5.41, 5.74) is 0. The molecule has 0 fully saturated rings. The predicted octanol–water partition coefficient (Wildman–Crippen LogP) is 0.522. The highest BCUT2D eigenvalue weighted by Gasteiger charge is 2.14. The van der Waals surface area contributed by atoms with Crippen LogP contribution in [0.5, 0.6) is 0 Å². The Labute approximate surface area is 95.8 Å². The molecule has 7 heteroatoms. The van der Waals surface area contributed by atoms with E-state index in [0.29, 0.717) is 5.76 Å². The molecule has 0 unspecified atom stereocenters. The highest BCUT2D eigenvalue weighted by Crippen LogP contribution is 2.01. The summed E-state index contributed by atoms with van der Waals surface area (Å²) < 4.78 is 9.50. The molecule has 0 spiro atoms. The van der Waals surface area contributed by atoms with Crippen molar-refractivity contribution in [3.05, 3.63) is 36.5 Å². The standard InChI is InChI=1S/C10H9N3O4/c14-9(11-6-7-2-1-4-16-7)10(15)12-8-3-5-17-13-8/h1-5H,6H2,(H,11,14)(H,12,13,15). The second kappa shape index (κ2) is 4.97. The molecule has 0 aliphatic carbocycles. The van der Waals surface area contributed by atoms with E-state index < -0.39 is 11.8 Å². The van der Waals surface area contributed by atoms with Crippen LogP contribution in [0.25, 0.3) is 0 Å². The van der Waals surface area contributed by atoms with Gasteiger partial charge in [-0.25, -0.2) is 0 Å². The molecule has 0 bridgehead atoms. The number of aromatic nitrogens is 1. The minimum absolute atomic E-state index is 0.151. The maximum Gasteiger partial charge on any atom is 0.314 e. The number of hydrogen-bond acceptors (Lipinski definition) is 5. The quantitative estimate of drug-likeness (QED) is 0.756. The minimum Gasteiger partial charge on any atom is -0.467 e. The molecule has 0 aromatic carbocycles. The zero-order valence-electron chi connectivity index (χ0n) is 8.67. The van der Waals surface area contributed by atoms with Gasteiger partial charge in [0.1, 0.15) is 12.0 Å². The molecule has 2 aromatic rings. The molecule has 17 heavy (non-hydrogen) atoms. The summed E-state index contributed by atoms with van der Waals surface area (Å²) in [5.74, 6) is -0.842. The Morgan fingerprint density at radius 2 is 2.12 bits per heavy atom. The monoisotopic (exact) mass is 235 g/mol. The maximum atomic E-state index is 11.3. The van der Waals surface area contributed by atoms with Crippen molar-refractivity contribution in [2.45, 2.75) is 6.54 Å². The largest absolute Gasteiger partial charge is 0.467 e. The number of amides is 2. The van der Waals surface area contributed by atoms with E-state index in [9.17, 15) is 9.59 Å². The zero-order chi connectivity index (χ0) is 12.1. The number of anilines is 1. The van der Waals surface area contributed by atoms with Gasteiger partial charge in [-0.2, -0.15) is 0 Å². The number of rotatable bonds is 3. The van der Waals surface area contributed by atoms with Gasteiger partial charge in [0.25, 0.3) is 0 Å². The van der Waals surface area contributed by atoms with Crippen molar-refractivity contribution in [2.75, 3.05) is 5.32 Å². The molecule has 88 valence electrons. The highest BCUT2D eigenvalue weighted by molar-refractivity contribution is 6.39. The summed E-state index contributed by atoms with van der Waals surface area (Å²) in [5, 5.41) is 8.10. The van der Waals surface area contributed by atoms with Gasteiger partial charge in [-0.1, -0.05) is 5.16 Å². The van der Waals surface area contributed by atoms with Crippen LogP contribution in [-0.2, 0) is 16.1 Å². The Kier molecular flexibility index (Phi) is 3.20. The third-order valence-electron chi connectivity index (χ3n) is 1.89. The summed E-state index contributed by atoms with van der Waals surface area (Å²) in [6.07, 6.45) is 2.77. The molecule has 2 N–H and O–H groups in total. The van der Waals surface area contributed by atoms with E-state index in [1.807, 2.05) is 0 Å². The van der Waals surface area contributed by atoms with Crippen LogP contribution < -0.4 is 10.6 Å². The topological polar surface area (TPSA) is 97.4 Å². The first kappa shape index (κ1) is 10.9. The SMILES string of the molecule is O=C(NCc1ccco1)C(=O)Nc1ccon1. The van der Waals surface area contributed by atoms with Gasteiger partial charge in [-0.3, -0.25) is 14.9 Å². The van der Waals surface area contributed by atoms with E-state index in [1.165, 1.54) is 18.6 Å². The number of nitrogens with zero attached hydrogens (tertiary/aromatic N) is 1. The lowest BCUT2D eigenvalue weighted by molar-refractivity contribution is -0.136. The molecule has 0 atom stereocenters. The van der Waals surface area contributed by atoms with Crippen LogP contribution in [-0.4, -0.2) is 17.0 Å². The van der Waals surface area contributed by atoms with Crippen LogP contribution in [0.15, 0.2) is 39.7 Å². The number of furan rings is 1. The molecule has 0 aliphatic rings. The summed E-state index contributed by atoms with van der Waals surface area (Å²) >= 11 is 0. The van der Waals surface area contributed by atoms with Crippen molar-refractivity contribution in [2.24, 2.45) is 0 Å². The van der Waals surface area contributed by atoms with Crippen molar-refractivity contribution in [3.8, 4) is 0 Å². The Bertz CT molecular complexity index is 490. The second-order valence-corrected chi connectivity index (χ2v) is 3.10. The first-order valence-corrected chi connectivity index (χ1v) is 4.77.